The fourth-order valence-electron chi connectivity index (χ4n) is 1.05. The van der Waals surface area contributed by atoms with Crippen LogP contribution in [0.15, 0.2) is 6.33 Å². The second kappa shape index (κ2) is 3.48. The fraction of sp³-hybridized carbons (Fsp3) is 0.286. The van der Waals surface area contributed by atoms with Crippen LogP contribution in [-0.4, -0.2) is 42.5 Å². The van der Waals surface area contributed by atoms with Crippen molar-refractivity contribution in [3.63, 3.8) is 0 Å². The number of aliphatic carboxylic acids is 1. The van der Waals surface area contributed by atoms with E-state index in [9.17, 15) is 4.79 Å². The highest BCUT2D eigenvalue weighted by molar-refractivity contribution is 5.84. The number of fused-ring (bicyclic) bond motifs is 1. The number of carboxylic acids is 1. The van der Waals surface area contributed by atoms with Gasteiger partial charge in [-0.2, -0.15) is 10.3 Å². The molecule has 8 nitrogen and oxygen atoms in total. The highest BCUT2D eigenvalue weighted by atomic mass is 16.4. The minimum Gasteiger partial charge on any atom is -0.480 e. The Morgan fingerprint density at radius 1 is 1.53 bits per heavy atom. The molecular formula is C7H8N6O2. The van der Waals surface area contributed by atoms with Crippen molar-refractivity contribution in [2.24, 2.45) is 0 Å². The standard InChI is InChI=1S/C7H8N6O2/c1-3(7(14)15)10-5-4-6(9-2-8-5)12-13-11-4/h2-3H,1H3,(H,14,15)(H2,8,9,10,11,12,13). The van der Waals surface area contributed by atoms with Gasteiger partial charge in [0.25, 0.3) is 0 Å². The maximum absolute atomic E-state index is 10.6. The number of carbonyl (C=O) groups is 1. The topological polar surface area (TPSA) is 117 Å². The van der Waals surface area contributed by atoms with Gasteiger partial charge in [0.1, 0.15) is 12.4 Å². The molecule has 0 aliphatic rings. The normalized spacial score (nSPS) is 12.6. The Bertz CT molecular complexity index is 495. The van der Waals surface area contributed by atoms with E-state index in [-0.39, 0.29) is 0 Å². The Kier molecular flexibility index (Phi) is 2.16. The number of hydrogen-bond acceptors (Lipinski definition) is 6. The van der Waals surface area contributed by atoms with Crippen LogP contribution in [0.3, 0.4) is 0 Å². The monoisotopic (exact) mass is 208 g/mol. The molecule has 3 N–H and O–H groups in total. The highest BCUT2D eigenvalue weighted by Crippen LogP contribution is 2.13. The van der Waals surface area contributed by atoms with Gasteiger partial charge in [-0.1, -0.05) is 0 Å². The molecule has 2 rings (SSSR count). The molecule has 2 heterocycles. The van der Waals surface area contributed by atoms with Gasteiger partial charge in [-0.25, -0.2) is 9.97 Å². The molecule has 0 radical (unpaired) electrons. The van der Waals surface area contributed by atoms with Crippen molar-refractivity contribution in [3.8, 4) is 0 Å². The summed E-state index contributed by atoms with van der Waals surface area (Å²) >= 11 is 0. The summed E-state index contributed by atoms with van der Waals surface area (Å²) in [5, 5.41) is 21.4. The van der Waals surface area contributed by atoms with Crippen LogP contribution in [0.4, 0.5) is 5.82 Å². The Morgan fingerprint density at radius 2 is 2.33 bits per heavy atom. The Balaban J connectivity index is 2.35. The first-order chi connectivity index (χ1) is 7.18. The van der Waals surface area contributed by atoms with Crippen LogP contribution < -0.4 is 5.32 Å². The van der Waals surface area contributed by atoms with Crippen LogP contribution in [-0.2, 0) is 4.79 Å². The molecule has 0 aliphatic heterocycles. The summed E-state index contributed by atoms with van der Waals surface area (Å²) in [6.45, 7) is 1.51. The predicted molar refractivity (Wildman–Crippen MR) is 50.2 cm³/mol. The van der Waals surface area contributed by atoms with Gasteiger partial charge >= 0.3 is 5.97 Å². The zero-order valence-electron chi connectivity index (χ0n) is 7.80. The van der Waals surface area contributed by atoms with Gasteiger partial charge < -0.3 is 10.4 Å². The van der Waals surface area contributed by atoms with E-state index < -0.39 is 12.0 Å². The van der Waals surface area contributed by atoms with Crippen LogP contribution in [0.1, 0.15) is 6.92 Å². The van der Waals surface area contributed by atoms with E-state index in [1.165, 1.54) is 13.3 Å². The molecule has 0 saturated heterocycles. The number of aromatic amines is 1. The van der Waals surface area contributed by atoms with Gasteiger partial charge in [0.05, 0.1) is 0 Å². The molecule has 0 fully saturated rings. The molecule has 1 unspecified atom stereocenters. The van der Waals surface area contributed by atoms with Gasteiger partial charge in [0.15, 0.2) is 11.3 Å². The van der Waals surface area contributed by atoms with Crippen molar-refractivity contribution in [3.05, 3.63) is 6.33 Å². The number of H-pyrrole nitrogens is 1. The number of nitrogens with zero attached hydrogens (tertiary/aromatic N) is 4. The van der Waals surface area contributed by atoms with Crippen molar-refractivity contribution < 1.29 is 9.90 Å². The second-order valence-corrected chi connectivity index (χ2v) is 2.92. The van der Waals surface area contributed by atoms with E-state index in [2.05, 4.69) is 30.7 Å². The van der Waals surface area contributed by atoms with Gasteiger partial charge in [-0.3, -0.25) is 4.79 Å². The lowest BCUT2D eigenvalue weighted by atomic mass is 10.3. The summed E-state index contributed by atoms with van der Waals surface area (Å²) in [6, 6.07) is -0.750. The number of hydrogen-bond donors (Lipinski definition) is 3. The highest BCUT2D eigenvalue weighted by Gasteiger charge is 2.14. The molecule has 0 aliphatic carbocycles. The molecule has 2 aromatic heterocycles. The van der Waals surface area contributed by atoms with E-state index in [1.807, 2.05) is 0 Å². The molecule has 2 aromatic rings. The van der Waals surface area contributed by atoms with Crippen molar-refractivity contribution in [1.82, 2.24) is 25.4 Å². The summed E-state index contributed by atoms with van der Waals surface area (Å²) in [5.41, 5.74) is 0.815. The van der Waals surface area contributed by atoms with Gasteiger partial charge in [-0.15, -0.1) is 5.10 Å². The third kappa shape index (κ3) is 1.68. The van der Waals surface area contributed by atoms with Gasteiger partial charge in [0, 0.05) is 0 Å². The summed E-state index contributed by atoms with van der Waals surface area (Å²) in [7, 11) is 0. The SMILES string of the molecule is CC(Nc1ncnc2n[nH]nc12)C(=O)O. The lowest BCUT2D eigenvalue weighted by Crippen LogP contribution is -2.26. The zero-order chi connectivity index (χ0) is 10.8. The molecule has 0 amide bonds. The van der Waals surface area contributed by atoms with Crippen LogP contribution in [0.2, 0.25) is 0 Å². The largest absolute Gasteiger partial charge is 0.480 e. The summed E-state index contributed by atoms with van der Waals surface area (Å²) in [4.78, 5) is 18.4. The van der Waals surface area contributed by atoms with Crippen LogP contribution in [0.5, 0.6) is 0 Å². The molecule has 0 aromatic carbocycles. The second-order valence-electron chi connectivity index (χ2n) is 2.92. The Labute approximate surface area is 83.7 Å². The van der Waals surface area contributed by atoms with Gasteiger partial charge in [-0.05, 0) is 6.92 Å². The molecule has 8 heteroatoms. The predicted octanol–water partition coefficient (Wildman–Crippen LogP) is -0.367. The Morgan fingerprint density at radius 3 is 3.07 bits per heavy atom. The third-order valence-electron chi connectivity index (χ3n) is 1.84. The maximum atomic E-state index is 10.6. The number of anilines is 1. The molecule has 1 atom stereocenters. The number of rotatable bonds is 3. The number of nitrogens with one attached hydrogen (secondary N) is 2. The average Bonchev–Trinajstić information content (AvgIpc) is 2.66. The minimum absolute atomic E-state index is 0.351. The summed E-state index contributed by atoms with van der Waals surface area (Å²) in [5.74, 6) is -0.617. The van der Waals surface area contributed by atoms with Crippen molar-refractivity contribution in [2.75, 3.05) is 5.32 Å². The zero-order valence-corrected chi connectivity index (χ0v) is 7.80. The summed E-state index contributed by atoms with van der Waals surface area (Å²) in [6.07, 6.45) is 1.29. The molecular weight excluding hydrogens is 200 g/mol. The summed E-state index contributed by atoms with van der Waals surface area (Å²) < 4.78 is 0. The lowest BCUT2D eigenvalue weighted by Gasteiger charge is -2.08. The van der Waals surface area contributed by atoms with Crippen molar-refractivity contribution in [1.29, 1.82) is 0 Å². The van der Waals surface area contributed by atoms with Gasteiger partial charge in [0.2, 0.25) is 5.65 Å². The third-order valence-corrected chi connectivity index (χ3v) is 1.84. The average molecular weight is 208 g/mol. The number of carboxylic acid groups (broad SMARTS) is 1. The number of aromatic nitrogens is 5. The first-order valence-corrected chi connectivity index (χ1v) is 4.19. The van der Waals surface area contributed by atoms with Crippen molar-refractivity contribution in [2.45, 2.75) is 13.0 Å². The first-order valence-electron chi connectivity index (χ1n) is 4.19. The van der Waals surface area contributed by atoms with Crippen LogP contribution >= 0.6 is 0 Å². The fourth-order valence-corrected chi connectivity index (χ4v) is 1.05. The maximum Gasteiger partial charge on any atom is 0.325 e. The first kappa shape index (κ1) is 9.31. The quantitative estimate of drug-likeness (QED) is 0.630. The van der Waals surface area contributed by atoms with E-state index in [4.69, 9.17) is 5.11 Å². The molecule has 0 bridgehead atoms. The smallest absolute Gasteiger partial charge is 0.325 e. The molecule has 15 heavy (non-hydrogen) atoms. The van der Waals surface area contributed by atoms with Crippen molar-refractivity contribution >= 4 is 23.0 Å². The van der Waals surface area contributed by atoms with E-state index in [0.29, 0.717) is 17.0 Å². The van der Waals surface area contributed by atoms with Crippen LogP contribution in [0, 0.1) is 0 Å². The lowest BCUT2D eigenvalue weighted by molar-refractivity contribution is -0.137. The van der Waals surface area contributed by atoms with Crippen LogP contribution in [0.25, 0.3) is 11.2 Å². The Hall–Kier alpha value is -2.25. The van der Waals surface area contributed by atoms with E-state index in [0.717, 1.165) is 0 Å². The minimum atomic E-state index is -0.967. The molecule has 0 spiro atoms. The molecule has 78 valence electrons. The molecule has 0 saturated carbocycles. The van der Waals surface area contributed by atoms with E-state index >= 15 is 0 Å². The van der Waals surface area contributed by atoms with E-state index in [1.54, 1.807) is 0 Å².